The fourth-order valence-electron chi connectivity index (χ4n) is 2.19. The van der Waals surface area contributed by atoms with Crippen molar-refractivity contribution in [2.45, 2.75) is 25.9 Å². The molecule has 1 aromatic carbocycles. The minimum Gasteiger partial charge on any atom is -0.336 e. The lowest BCUT2D eigenvalue weighted by Crippen LogP contribution is -2.54. The van der Waals surface area contributed by atoms with Crippen LogP contribution in [0, 0.1) is 11.6 Å². The monoisotopic (exact) mass is 254 g/mol. The second kappa shape index (κ2) is 5.44. The highest BCUT2D eigenvalue weighted by Crippen LogP contribution is 2.13. The lowest BCUT2D eigenvalue weighted by Gasteiger charge is -2.32. The molecule has 2 rings (SSSR count). The molecule has 98 valence electrons. The van der Waals surface area contributed by atoms with Crippen LogP contribution in [0.3, 0.4) is 0 Å². The van der Waals surface area contributed by atoms with Crippen molar-refractivity contribution < 1.29 is 13.6 Å². The molecule has 1 atom stereocenters. The molecular weight excluding hydrogens is 238 g/mol. The minimum absolute atomic E-state index is 0.00609. The quantitative estimate of drug-likeness (QED) is 0.890. The number of carbonyl (C=O) groups excluding carboxylic acids is 1. The standard InChI is InChI=1S/C13H16F2N2O/c1-2-12-13(18)17(4-3-16-12)8-9-5-10(14)7-11(15)6-9/h5-7,12,16H,2-4,8H2,1H3. The number of halogens is 2. The first-order chi connectivity index (χ1) is 8.60. The molecule has 1 unspecified atom stereocenters. The zero-order valence-electron chi connectivity index (χ0n) is 10.2. The van der Waals surface area contributed by atoms with E-state index in [0.717, 1.165) is 6.07 Å². The third-order valence-corrected chi connectivity index (χ3v) is 3.09. The Hall–Kier alpha value is -1.49. The first-order valence-electron chi connectivity index (χ1n) is 6.07. The van der Waals surface area contributed by atoms with Gasteiger partial charge in [0.05, 0.1) is 6.04 Å². The van der Waals surface area contributed by atoms with Crippen molar-refractivity contribution >= 4 is 5.91 Å². The van der Waals surface area contributed by atoms with Gasteiger partial charge in [-0.15, -0.1) is 0 Å². The lowest BCUT2D eigenvalue weighted by atomic mass is 10.1. The normalized spacial score (nSPS) is 20.3. The van der Waals surface area contributed by atoms with Crippen molar-refractivity contribution in [3.05, 3.63) is 35.4 Å². The maximum atomic E-state index is 13.1. The number of hydrogen-bond donors (Lipinski definition) is 1. The smallest absolute Gasteiger partial charge is 0.240 e. The SMILES string of the molecule is CCC1NCCN(Cc2cc(F)cc(F)c2)C1=O. The first-order valence-corrected chi connectivity index (χ1v) is 6.07. The molecule has 1 heterocycles. The number of rotatable bonds is 3. The number of carbonyl (C=O) groups is 1. The van der Waals surface area contributed by atoms with Crippen LogP contribution in [0.2, 0.25) is 0 Å². The second-order valence-electron chi connectivity index (χ2n) is 4.45. The van der Waals surface area contributed by atoms with Gasteiger partial charge in [0, 0.05) is 25.7 Å². The van der Waals surface area contributed by atoms with Gasteiger partial charge in [0.25, 0.3) is 0 Å². The molecule has 1 aliphatic rings. The van der Waals surface area contributed by atoms with Gasteiger partial charge < -0.3 is 10.2 Å². The summed E-state index contributed by atoms with van der Waals surface area (Å²) in [6, 6.07) is 3.17. The molecule has 1 N–H and O–H groups in total. The largest absolute Gasteiger partial charge is 0.336 e. The fourth-order valence-corrected chi connectivity index (χ4v) is 2.19. The Morgan fingerprint density at radius 2 is 2.00 bits per heavy atom. The topological polar surface area (TPSA) is 32.3 Å². The van der Waals surface area contributed by atoms with Crippen LogP contribution in [-0.4, -0.2) is 29.9 Å². The lowest BCUT2D eigenvalue weighted by molar-refractivity contribution is -0.136. The van der Waals surface area contributed by atoms with Crippen LogP contribution < -0.4 is 5.32 Å². The van der Waals surface area contributed by atoms with Crippen molar-refractivity contribution in [2.75, 3.05) is 13.1 Å². The predicted octanol–water partition coefficient (Wildman–Crippen LogP) is 1.68. The third-order valence-electron chi connectivity index (χ3n) is 3.09. The van der Waals surface area contributed by atoms with Crippen LogP contribution in [0.4, 0.5) is 8.78 Å². The summed E-state index contributed by atoms with van der Waals surface area (Å²) in [4.78, 5) is 13.6. The van der Waals surface area contributed by atoms with E-state index in [1.54, 1.807) is 4.90 Å². The highest BCUT2D eigenvalue weighted by atomic mass is 19.1. The number of nitrogens with one attached hydrogen (secondary N) is 1. The van der Waals surface area contributed by atoms with E-state index in [1.165, 1.54) is 12.1 Å². The summed E-state index contributed by atoms with van der Waals surface area (Å²) in [7, 11) is 0. The highest BCUT2D eigenvalue weighted by molar-refractivity contribution is 5.82. The molecule has 1 fully saturated rings. The Kier molecular flexibility index (Phi) is 3.91. The molecule has 1 aliphatic heterocycles. The molecule has 0 aromatic heterocycles. The van der Waals surface area contributed by atoms with Gasteiger partial charge in [-0.05, 0) is 24.1 Å². The van der Waals surface area contributed by atoms with Crippen LogP contribution >= 0.6 is 0 Å². The average molecular weight is 254 g/mol. The Balaban J connectivity index is 2.10. The molecule has 1 aromatic rings. The molecule has 1 amide bonds. The van der Waals surface area contributed by atoms with E-state index in [-0.39, 0.29) is 18.5 Å². The van der Waals surface area contributed by atoms with Crippen molar-refractivity contribution in [3.8, 4) is 0 Å². The Morgan fingerprint density at radius 1 is 1.33 bits per heavy atom. The van der Waals surface area contributed by atoms with E-state index in [9.17, 15) is 13.6 Å². The van der Waals surface area contributed by atoms with E-state index in [4.69, 9.17) is 0 Å². The average Bonchev–Trinajstić information content (AvgIpc) is 2.30. The molecule has 0 spiro atoms. The summed E-state index contributed by atoms with van der Waals surface area (Å²) >= 11 is 0. The molecular formula is C13H16F2N2O. The molecule has 0 radical (unpaired) electrons. The number of piperazine rings is 1. The summed E-state index contributed by atoms with van der Waals surface area (Å²) in [5, 5.41) is 3.12. The van der Waals surface area contributed by atoms with E-state index >= 15 is 0 Å². The maximum Gasteiger partial charge on any atom is 0.240 e. The van der Waals surface area contributed by atoms with Crippen molar-refractivity contribution in [3.63, 3.8) is 0 Å². The van der Waals surface area contributed by atoms with E-state index in [2.05, 4.69) is 5.32 Å². The maximum absolute atomic E-state index is 13.1. The van der Waals surface area contributed by atoms with Gasteiger partial charge in [-0.25, -0.2) is 8.78 Å². The zero-order valence-corrected chi connectivity index (χ0v) is 10.2. The van der Waals surface area contributed by atoms with Gasteiger partial charge >= 0.3 is 0 Å². The van der Waals surface area contributed by atoms with Crippen LogP contribution in [-0.2, 0) is 11.3 Å². The summed E-state index contributed by atoms with van der Waals surface area (Å²) < 4.78 is 26.1. The van der Waals surface area contributed by atoms with E-state index in [1.807, 2.05) is 6.92 Å². The zero-order chi connectivity index (χ0) is 13.1. The van der Waals surface area contributed by atoms with Gasteiger partial charge in [0.15, 0.2) is 0 Å². The predicted molar refractivity (Wildman–Crippen MR) is 63.9 cm³/mol. The van der Waals surface area contributed by atoms with Crippen LogP contribution in [0.15, 0.2) is 18.2 Å². The van der Waals surface area contributed by atoms with E-state index < -0.39 is 11.6 Å². The van der Waals surface area contributed by atoms with Crippen LogP contribution in [0.1, 0.15) is 18.9 Å². The van der Waals surface area contributed by atoms with Gasteiger partial charge in [-0.3, -0.25) is 4.79 Å². The summed E-state index contributed by atoms with van der Waals surface area (Å²) in [5.74, 6) is -1.23. The molecule has 1 saturated heterocycles. The van der Waals surface area contributed by atoms with E-state index in [0.29, 0.717) is 25.1 Å². The Labute approximate surface area is 105 Å². The minimum atomic E-state index is -0.611. The van der Waals surface area contributed by atoms with Gasteiger partial charge in [-0.2, -0.15) is 0 Å². The third kappa shape index (κ3) is 2.85. The van der Waals surface area contributed by atoms with Gasteiger partial charge in [0.1, 0.15) is 11.6 Å². The Bertz CT molecular complexity index is 430. The number of amides is 1. The highest BCUT2D eigenvalue weighted by Gasteiger charge is 2.26. The molecule has 18 heavy (non-hydrogen) atoms. The van der Waals surface area contributed by atoms with Crippen LogP contribution in [0.5, 0.6) is 0 Å². The summed E-state index contributed by atoms with van der Waals surface area (Å²) in [6.07, 6.45) is 0.715. The molecule has 3 nitrogen and oxygen atoms in total. The molecule has 5 heteroatoms. The number of hydrogen-bond acceptors (Lipinski definition) is 2. The fraction of sp³-hybridized carbons (Fsp3) is 0.462. The summed E-state index contributed by atoms with van der Waals surface area (Å²) in [6.45, 7) is 3.46. The van der Waals surface area contributed by atoms with Crippen molar-refractivity contribution in [1.29, 1.82) is 0 Å². The van der Waals surface area contributed by atoms with Crippen LogP contribution in [0.25, 0.3) is 0 Å². The molecule has 0 bridgehead atoms. The number of benzene rings is 1. The van der Waals surface area contributed by atoms with Gasteiger partial charge in [-0.1, -0.05) is 6.92 Å². The number of nitrogens with zero attached hydrogens (tertiary/aromatic N) is 1. The van der Waals surface area contributed by atoms with Crippen molar-refractivity contribution in [1.82, 2.24) is 10.2 Å². The van der Waals surface area contributed by atoms with Gasteiger partial charge in [0.2, 0.25) is 5.91 Å². The second-order valence-corrected chi connectivity index (χ2v) is 4.45. The molecule has 0 aliphatic carbocycles. The summed E-state index contributed by atoms with van der Waals surface area (Å²) in [5.41, 5.74) is 0.484. The Morgan fingerprint density at radius 3 is 2.61 bits per heavy atom. The first kappa shape index (κ1) is 13.0. The molecule has 0 saturated carbocycles. The van der Waals surface area contributed by atoms with Crippen molar-refractivity contribution in [2.24, 2.45) is 0 Å².